The minimum absolute atomic E-state index is 0.0167. The first-order valence-corrected chi connectivity index (χ1v) is 11.1. The molecule has 1 aromatic carbocycles. The number of nitriles is 1. The molecule has 0 spiro atoms. The monoisotopic (exact) mass is 434 g/mol. The summed E-state index contributed by atoms with van der Waals surface area (Å²) in [4.78, 5) is 12.8. The minimum atomic E-state index is -3.90. The Hall–Kier alpha value is -2.90. The zero-order valence-electron chi connectivity index (χ0n) is 16.9. The van der Waals surface area contributed by atoms with E-state index in [0.29, 0.717) is 12.8 Å². The number of rotatable bonds is 4. The number of fused-ring (bicyclic) bond motifs is 1. The van der Waals surface area contributed by atoms with Crippen molar-refractivity contribution in [1.82, 2.24) is 9.29 Å². The van der Waals surface area contributed by atoms with Gasteiger partial charge in [0, 0.05) is 30.9 Å². The van der Waals surface area contributed by atoms with Crippen molar-refractivity contribution < 1.29 is 22.3 Å². The normalized spacial score (nSPS) is 20.2. The summed E-state index contributed by atoms with van der Waals surface area (Å²) < 4.78 is 49.4. The summed E-state index contributed by atoms with van der Waals surface area (Å²) in [6, 6.07) is 5.04. The van der Waals surface area contributed by atoms with Gasteiger partial charge >= 0.3 is 0 Å². The molecule has 0 fully saturated rings. The van der Waals surface area contributed by atoms with E-state index in [-0.39, 0.29) is 46.2 Å². The Labute approximate surface area is 174 Å². The molecule has 0 saturated carbocycles. The molecule has 0 aliphatic carbocycles. The molecule has 1 aromatic heterocycles. The zero-order chi connectivity index (χ0) is 22.1. The molecule has 2 atom stereocenters. The standard InChI is InChI=1S/C20H23FN4O4S/c1-4-12-11-29-19-17(30(27,28)24-16(12)5-2)10-25(3)18(19)20(26)23-14-6-7-15(21)13(8-14)9-22/h6-8,10,12,16,24H,4-5,11H2,1-3H3,(H,23,26)/t12-,16-/m0/s1. The van der Waals surface area contributed by atoms with Crippen molar-refractivity contribution in [2.24, 2.45) is 13.0 Å². The molecule has 10 heteroatoms. The molecule has 0 bridgehead atoms. The lowest BCUT2D eigenvalue weighted by Crippen LogP contribution is -2.43. The average Bonchev–Trinajstić information content (AvgIpc) is 3.04. The minimum Gasteiger partial charge on any atom is -0.489 e. The average molecular weight is 434 g/mol. The molecule has 2 aromatic rings. The first-order chi connectivity index (χ1) is 14.2. The van der Waals surface area contributed by atoms with Crippen molar-refractivity contribution in [1.29, 1.82) is 5.26 Å². The Morgan fingerprint density at radius 2 is 2.13 bits per heavy atom. The molecular weight excluding hydrogens is 411 g/mol. The van der Waals surface area contributed by atoms with Gasteiger partial charge in [0.05, 0.1) is 12.2 Å². The fraction of sp³-hybridized carbons (Fsp3) is 0.400. The van der Waals surface area contributed by atoms with Gasteiger partial charge in [0.1, 0.15) is 16.8 Å². The van der Waals surface area contributed by atoms with Crippen molar-refractivity contribution in [3.05, 3.63) is 41.5 Å². The third kappa shape index (κ3) is 4.04. The Morgan fingerprint density at radius 3 is 2.77 bits per heavy atom. The van der Waals surface area contributed by atoms with Crippen LogP contribution in [0.2, 0.25) is 0 Å². The summed E-state index contributed by atoms with van der Waals surface area (Å²) in [5, 5.41) is 11.5. The van der Waals surface area contributed by atoms with Crippen molar-refractivity contribution in [2.75, 3.05) is 11.9 Å². The molecule has 1 aliphatic heterocycles. The van der Waals surface area contributed by atoms with Crippen LogP contribution in [0.5, 0.6) is 5.75 Å². The van der Waals surface area contributed by atoms with E-state index in [0.717, 1.165) is 6.07 Å². The number of ether oxygens (including phenoxy) is 1. The molecule has 3 rings (SSSR count). The maximum atomic E-state index is 13.5. The molecule has 2 heterocycles. The number of nitrogens with zero attached hydrogens (tertiary/aromatic N) is 2. The highest BCUT2D eigenvalue weighted by Crippen LogP contribution is 2.34. The second-order valence-electron chi connectivity index (χ2n) is 7.16. The van der Waals surface area contributed by atoms with Crippen LogP contribution in [-0.2, 0) is 17.1 Å². The number of anilines is 1. The van der Waals surface area contributed by atoms with E-state index in [1.807, 2.05) is 13.8 Å². The number of benzene rings is 1. The zero-order valence-corrected chi connectivity index (χ0v) is 17.7. The third-order valence-electron chi connectivity index (χ3n) is 5.23. The van der Waals surface area contributed by atoms with Crippen LogP contribution in [0.15, 0.2) is 29.3 Å². The fourth-order valence-corrected chi connectivity index (χ4v) is 5.11. The van der Waals surface area contributed by atoms with Crippen LogP contribution in [0.3, 0.4) is 0 Å². The van der Waals surface area contributed by atoms with Crippen molar-refractivity contribution in [3.63, 3.8) is 0 Å². The van der Waals surface area contributed by atoms with Gasteiger partial charge in [-0.1, -0.05) is 13.8 Å². The third-order valence-corrected chi connectivity index (χ3v) is 6.72. The smallest absolute Gasteiger partial charge is 0.276 e. The van der Waals surface area contributed by atoms with E-state index in [9.17, 15) is 17.6 Å². The van der Waals surface area contributed by atoms with Crippen molar-refractivity contribution in [2.45, 2.75) is 37.6 Å². The lowest BCUT2D eigenvalue weighted by molar-refractivity contribution is 0.101. The molecule has 0 saturated heterocycles. The molecule has 8 nitrogen and oxygen atoms in total. The van der Waals surface area contributed by atoms with E-state index >= 15 is 0 Å². The molecule has 1 amide bonds. The van der Waals surface area contributed by atoms with Crippen molar-refractivity contribution >= 4 is 21.6 Å². The van der Waals surface area contributed by atoms with Crippen LogP contribution >= 0.6 is 0 Å². The highest BCUT2D eigenvalue weighted by atomic mass is 32.2. The number of nitrogens with one attached hydrogen (secondary N) is 2. The van der Waals surface area contributed by atoms with Gasteiger partial charge in [0.15, 0.2) is 11.4 Å². The topological polar surface area (TPSA) is 113 Å². The van der Waals surface area contributed by atoms with Gasteiger partial charge in [-0.2, -0.15) is 5.26 Å². The predicted molar refractivity (Wildman–Crippen MR) is 108 cm³/mol. The number of amides is 1. The Balaban J connectivity index is 2.01. The maximum absolute atomic E-state index is 13.5. The van der Waals surface area contributed by atoms with Crippen LogP contribution in [0.4, 0.5) is 10.1 Å². The Kier molecular flexibility index (Phi) is 6.14. The largest absolute Gasteiger partial charge is 0.489 e. The quantitative estimate of drug-likeness (QED) is 0.768. The molecule has 30 heavy (non-hydrogen) atoms. The summed E-state index contributed by atoms with van der Waals surface area (Å²) in [7, 11) is -2.36. The summed E-state index contributed by atoms with van der Waals surface area (Å²) in [5.41, 5.74) is 0.00892. The fourth-order valence-electron chi connectivity index (χ4n) is 3.53. The highest BCUT2D eigenvalue weighted by molar-refractivity contribution is 7.89. The molecule has 1 aliphatic rings. The second-order valence-corrected chi connectivity index (χ2v) is 8.84. The van der Waals surface area contributed by atoms with Crippen LogP contribution in [0, 0.1) is 23.1 Å². The summed E-state index contributed by atoms with van der Waals surface area (Å²) in [6.07, 6.45) is 2.65. The first kappa shape index (κ1) is 21.8. The number of hydrogen-bond acceptors (Lipinski definition) is 5. The van der Waals surface area contributed by atoms with E-state index in [4.69, 9.17) is 10.00 Å². The number of sulfonamides is 1. The van der Waals surface area contributed by atoms with Gasteiger partial charge in [-0.3, -0.25) is 4.79 Å². The summed E-state index contributed by atoms with van der Waals surface area (Å²) in [5.74, 6) is -1.41. The lowest BCUT2D eigenvalue weighted by atomic mass is 9.96. The van der Waals surface area contributed by atoms with Crippen LogP contribution in [-0.4, -0.2) is 31.5 Å². The SMILES string of the molecule is CC[C@H]1COc2c(cn(C)c2C(=O)Nc2ccc(F)c(C#N)c2)S(=O)(=O)N[C@H]1CC. The van der Waals surface area contributed by atoms with Gasteiger partial charge in [0.25, 0.3) is 5.91 Å². The number of aromatic nitrogens is 1. The number of halogens is 1. The molecule has 0 radical (unpaired) electrons. The number of carbonyl (C=O) groups excluding carboxylic acids is 1. The summed E-state index contributed by atoms with van der Waals surface area (Å²) >= 11 is 0. The van der Waals surface area contributed by atoms with E-state index in [1.165, 1.54) is 22.9 Å². The Bertz CT molecular complexity index is 1120. The summed E-state index contributed by atoms with van der Waals surface area (Å²) in [6.45, 7) is 4.11. The molecular formula is C20H23FN4O4S. The second kappa shape index (κ2) is 8.45. The van der Waals surface area contributed by atoms with Gasteiger partial charge in [-0.05, 0) is 31.0 Å². The predicted octanol–water partition coefficient (Wildman–Crippen LogP) is 2.76. The van der Waals surface area contributed by atoms with E-state index in [2.05, 4.69) is 10.0 Å². The number of carbonyl (C=O) groups is 1. The molecule has 0 unspecified atom stereocenters. The number of hydrogen-bond donors (Lipinski definition) is 2. The molecule has 2 N–H and O–H groups in total. The first-order valence-electron chi connectivity index (χ1n) is 9.57. The van der Waals surface area contributed by atoms with Gasteiger partial charge < -0.3 is 14.6 Å². The van der Waals surface area contributed by atoms with Crippen LogP contribution in [0.1, 0.15) is 42.7 Å². The van der Waals surface area contributed by atoms with Crippen LogP contribution in [0.25, 0.3) is 0 Å². The number of aryl methyl sites for hydroxylation is 1. The highest BCUT2D eigenvalue weighted by Gasteiger charge is 2.35. The van der Waals surface area contributed by atoms with Gasteiger partial charge in [-0.15, -0.1) is 0 Å². The van der Waals surface area contributed by atoms with Gasteiger partial charge in [-0.25, -0.2) is 17.5 Å². The van der Waals surface area contributed by atoms with Crippen molar-refractivity contribution in [3.8, 4) is 11.8 Å². The van der Waals surface area contributed by atoms with E-state index < -0.39 is 21.7 Å². The van der Waals surface area contributed by atoms with Crippen LogP contribution < -0.4 is 14.8 Å². The maximum Gasteiger partial charge on any atom is 0.276 e. The Morgan fingerprint density at radius 1 is 1.40 bits per heavy atom. The van der Waals surface area contributed by atoms with Gasteiger partial charge in [0.2, 0.25) is 10.0 Å². The molecule has 160 valence electrons. The lowest BCUT2D eigenvalue weighted by Gasteiger charge is -2.28. The van der Waals surface area contributed by atoms with E-state index in [1.54, 1.807) is 13.1 Å².